The van der Waals surface area contributed by atoms with Gasteiger partial charge in [-0.3, -0.25) is 4.72 Å². The molecule has 0 amide bonds. The fourth-order valence-electron chi connectivity index (χ4n) is 3.55. The van der Waals surface area contributed by atoms with Gasteiger partial charge in [0.1, 0.15) is 11.6 Å². The Morgan fingerprint density at radius 2 is 1.79 bits per heavy atom. The molecule has 1 aliphatic rings. The van der Waals surface area contributed by atoms with Crippen molar-refractivity contribution in [2.45, 2.75) is 18.1 Å². The van der Waals surface area contributed by atoms with Gasteiger partial charge in [-0.25, -0.2) is 9.97 Å². The van der Waals surface area contributed by atoms with E-state index in [9.17, 15) is 21.6 Å². The SMILES string of the molecule is Cc1ccc(C(F)(F)F)cc1-c1nc(NS(=O)(=O)c2cccc(N3CCNCC3)n2)ccc1Cl. The summed E-state index contributed by atoms with van der Waals surface area (Å²) in [5, 5.41) is 3.11. The number of nitrogens with zero attached hydrogens (tertiary/aromatic N) is 3. The third-order valence-corrected chi connectivity index (χ3v) is 6.89. The molecule has 12 heteroatoms. The molecule has 0 unspecified atom stereocenters. The van der Waals surface area contributed by atoms with E-state index < -0.39 is 21.8 Å². The van der Waals surface area contributed by atoms with Crippen molar-refractivity contribution in [2.75, 3.05) is 35.8 Å². The minimum absolute atomic E-state index is 0.0352. The van der Waals surface area contributed by atoms with Gasteiger partial charge in [0.15, 0.2) is 5.03 Å². The number of benzene rings is 1. The average Bonchev–Trinajstić information content (AvgIpc) is 2.80. The average molecular weight is 512 g/mol. The standard InChI is InChI=1S/C22H21ClF3N5O2S/c1-14-5-6-15(22(24,25)26)13-16(14)21-17(23)7-8-18(28-21)30-34(32,33)20-4-2-3-19(29-20)31-11-9-27-10-12-31/h2-8,13,27H,9-12H2,1H3,(H,28,30). The molecule has 0 bridgehead atoms. The molecule has 0 saturated carbocycles. The summed E-state index contributed by atoms with van der Waals surface area (Å²) in [6.07, 6.45) is -4.55. The third kappa shape index (κ3) is 5.26. The minimum atomic E-state index is -4.55. The highest BCUT2D eigenvalue weighted by atomic mass is 35.5. The number of nitrogens with one attached hydrogen (secondary N) is 2. The molecule has 0 radical (unpaired) electrons. The Labute approximate surface area is 200 Å². The van der Waals surface area contributed by atoms with Crippen LogP contribution in [-0.4, -0.2) is 44.6 Å². The second-order valence-electron chi connectivity index (χ2n) is 7.73. The van der Waals surface area contributed by atoms with E-state index in [4.69, 9.17) is 11.6 Å². The van der Waals surface area contributed by atoms with Crippen molar-refractivity contribution >= 4 is 33.3 Å². The lowest BCUT2D eigenvalue weighted by Crippen LogP contribution is -2.44. The van der Waals surface area contributed by atoms with Crippen LogP contribution < -0.4 is 14.9 Å². The number of alkyl halides is 3. The fraction of sp³-hybridized carbons (Fsp3) is 0.273. The summed E-state index contributed by atoms with van der Waals surface area (Å²) < 4.78 is 68.0. The van der Waals surface area contributed by atoms with Crippen LogP contribution in [0.15, 0.2) is 53.6 Å². The zero-order chi connectivity index (χ0) is 24.5. The fourth-order valence-corrected chi connectivity index (χ4v) is 4.73. The van der Waals surface area contributed by atoms with Crippen molar-refractivity contribution in [1.29, 1.82) is 0 Å². The third-order valence-electron chi connectivity index (χ3n) is 5.33. The smallest absolute Gasteiger partial charge is 0.354 e. The highest BCUT2D eigenvalue weighted by Gasteiger charge is 2.31. The monoisotopic (exact) mass is 511 g/mol. The molecule has 3 aromatic rings. The molecule has 180 valence electrons. The molecule has 1 saturated heterocycles. The van der Waals surface area contributed by atoms with E-state index in [-0.39, 0.29) is 27.1 Å². The van der Waals surface area contributed by atoms with Crippen molar-refractivity contribution in [3.8, 4) is 11.3 Å². The van der Waals surface area contributed by atoms with E-state index in [1.165, 1.54) is 24.3 Å². The van der Waals surface area contributed by atoms with Crippen LogP contribution in [0.2, 0.25) is 5.02 Å². The predicted octanol–water partition coefficient (Wildman–Crippen LogP) is 4.33. The van der Waals surface area contributed by atoms with Crippen LogP contribution in [0, 0.1) is 6.92 Å². The number of aromatic nitrogens is 2. The first kappa shape index (κ1) is 24.2. The Hall–Kier alpha value is -2.89. The number of aryl methyl sites for hydroxylation is 1. The summed E-state index contributed by atoms with van der Waals surface area (Å²) in [6.45, 7) is 4.55. The first-order valence-corrected chi connectivity index (χ1v) is 12.2. The highest BCUT2D eigenvalue weighted by Crippen LogP contribution is 2.36. The second kappa shape index (κ2) is 9.40. The van der Waals surface area contributed by atoms with Crippen LogP contribution in [0.25, 0.3) is 11.3 Å². The summed E-state index contributed by atoms with van der Waals surface area (Å²) in [5.41, 5.74) is -0.161. The Kier molecular flexibility index (Phi) is 6.70. The normalized spacial score (nSPS) is 14.8. The van der Waals surface area contributed by atoms with E-state index in [1.807, 2.05) is 4.90 Å². The van der Waals surface area contributed by atoms with Crippen molar-refractivity contribution in [1.82, 2.24) is 15.3 Å². The number of sulfonamides is 1. The van der Waals surface area contributed by atoms with Gasteiger partial charge >= 0.3 is 6.18 Å². The number of hydrogen-bond donors (Lipinski definition) is 2. The molecule has 2 aromatic heterocycles. The number of pyridine rings is 2. The van der Waals surface area contributed by atoms with Gasteiger partial charge in [-0.1, -0.05) is 23.7 Å². The summed E-state index contributed by atoms with van der Waals surface area (Å²) in [6, 6.07) is 10.7. The number of hydrogen-bond acceptors (Lipinski definition) is 6. The van der Waals surface area contributed by atoms with Crippen molar-refractivity contribution in [3.05, 3.63) is 64.7 Å². The minimum Gasteiger partial charge on any atom is -0.354 e. The number of halogens is 4. The van der Waals surface area contributed by atoms with Gasteiger partial charge in [0, 0.05) is 31.7 Å². The molecule has 4 rings (SSSR count). The van der Waals surface area contributed by atoms with Gasteiger partial charge < -0.3 is 10.2 Å². The quantitative estimate of drug-likeness (QED) is 0.530. The maximum atomic E-state index is 13.2. The van der Waals surface area contributed by atoms with Crippen molar-refractivity contribution < 1.29 is 21.6 Å². The first-order valence-electron chi connectivity index (χ1n) is 10.3. The second-order valence-corrected chi connectivity index (χ2v) is 9.77. The van der Waals surface area contributed by atoms with Crippen LogP contribution in [0.4, 0.5) is 24.8 Å². The maximum absolute atomic E-state index is 13.2. The highest BCUT2D eigenvalue weighted by molar-refractivity contribution is 7.92. The molecule has 0 atom stereocenters. The molecule has 1 aromatic carbocycles. The van der Waals surface area contributed by atoms with E-state index in [0.717, 1.165) is 25.2 Å². The summed E-state index contributed by atoms with van der Waals surface area (Å²) >= 11 is 6.22. The molecule has 1 aliphatic heterocycles. The Balaban J connectivity index is 1.65. The van der Waals surface area contributed by atoms with Crippen molar-refractivity contribution in [2.24, 2.45) is 0 Å². The van der Waals surface area contributed by atoms with Gasteiger partial charge in [-0.2, -0.15) is 21.6 Å². The Morgan fingerprint density at radius 3 is 2.50 bits per heavy atom. The summed E-state index contributed by atoms with van der Waals surface area (Å²) in [5.74, 6) is 0.444. The van der Waals surface area contributed by atoms with Crippen LogP contribution in [0.5, 0.6) is 0 Å². The molecule has 7 nitrogen and oxygen atoms in total. The van der Waals surface area contributed by atoms with Crippen molar-refractivity contribution in [3.63, 3.8) is 0 Å². The largest absolute Gasteiger partial charge is 0.416 e. The van der Waals surface area contributed by atoms with Crippen LogP contribution in [0.3, 0.4) is 0 Å². The first-order chi connectivity index (χ1) is 16.0. The summed E-state index contributed by atoms with van der Waals surface area (Å²) in [7, 11) is -4.12. The van der Waals surface area contributed by atoms with E-state index in [0.29, 0.717) is 24.5 Å². The van der Waals surface area contributed by atoms with Gasteiger partial charge in [0.2, 0.25) is 0 Å². The van der Waals surface area contributed by atoms with E-state index in [1.54, 1.807) is 19.1 Å². The lowest BCUT2D eigenvalue weighted by molar-refractivity contribution is -0.137. The Morgan fingerprint density at radius 1 is 1.06 bits per heavy atom. The topological polar surface area (TPSA) is 87.2 Å². The summed E-state index contributed by atoms with van der Waals surface area (Å²) in [4.78, 5) is 10.5. The Bertz CT molecular complexity index is 1310. The molecular weight excluding hydrogens is 491 g/mol. The molecule has 0 spiro atoms. The van der Waals surface area contributed by atoms with Crippen LogP contribution in [0.1, 0.15) is 11.1 Å². The zero-order valence-electron chi connectivity index (χ0n) is 18.0. The zero-order valence-corrected chi connectivity index (χ0v) is 19.6. The molecule has 34 heavy (non-hydrogen) atoms. The lowest BCUT2D eigenvalue weighted by Gasteiger charge is -2.28. The van der Waals surface area contributed by atoms with E-state index >= 15 is 0 Å². The van der Waals surface area contributed by atoms with Gasteiger partial charge in [-0.05, 0) is 48.9 Å². The van der Waals surface area contributed by atoms with Crippen LogP contribution in [-0.2, 0) is 16.2 Å². The molecule has 3 heterocycles. The number of piperazine rings is 1. The maximum Gasteiger partial charge on any atom is 0.416 e. The number of anilines is 2. The van der Waals surface area contributed by atoms with Gasteiger partial charge in [0.05, 0.1) is 16.3 Å². The molecule has 1 fully saturated rings. The van der Waals surface area contributed by atoms with E-state index in [2.05, 4.69) is 20.0 Å². The molecule has 2 N–H and O–H groups in total. The van der Waals surface area contributed by atoms with Crippen LogP contribution >= 0.6 is 11.6 Å². The number of rotatable bonds is 5. The molecular formula is C22H21ClF3N5O2S. The molecule has 0 aliphatic carbocycles. The predicted molar refractivity (Wildman–Crippen MR) is 125 cm³/mol. The van der Waals surface area contributed by atoms with Gasteiger partial charge in [0.25, 0.3) is 10.0 Å². The lowest BCUT2D eigenvalue weighted by atomic mass is 10.0. The van der Waals surface area contributed by atoms with Gasteiger partial charge in [-0.15, -0.1) is 0 Å².